The first-order valence-corrected chi connectivity index (χ1v) is 5.31. The standard InChI is InChI=1S/C12H15FO2/c13-10-4-1-3-9(7-10)12(14)8-11-5-2-6-15-11/h1,3-4,7,11-12,14H,2,5-6,8H2. The molecule has 1 fully saturated rings. The van der Waals surface area contributed by atoms with E-state index in [4.69, 9.17) is 4.74 Å². The first-order chi connectivity index (χ1) is 7.25. The summed E-state index contributed by atoms with van der Waals surface area (Å²) < 4.78 is 18.3. The predicted molar refractivity (Wildman–Crippen MR) is 55.0 cm³/mol. The summed E-state index contributed by atoms with van der Waals surface area (Å²) in [5.74, 6) is -0.307. The molecule has 0 amide bonds. The van der Waals surface area contributed by atoms with E-state index >= 15 is 0 Å². The molecule has 3 heteroatoms. The van der Waals surface area contributed by atoms with Gasteiger partial charge in [0, 0.05) is 13.0 Å². The molecule has 0 aromatic heterocycles. The van der Waals surface area contributed by atoms with Gasteiger partial charge in [0.05, 0.1) is 12.2 Å². The molecule has 0 spiro atoms. The Labute approximate surface area is 88.7 Å². The fourth-order valence-corrected chi connectivity index (χ4v) is 1.93. The van der Waals surface area contributed by atoms with Crippen molar-refractivity contribution in [2.24, 2.45) is 0 Å². The number of ether oxygens (including phenoxy) is 1. The van der Waals surface area contributed by atoms with Crippen molar-refractivity contribution in [2.75, 3.05) is 6.61 Å². The minimum atomic E-state index is -0.621. The lowest BCUT2D eigenvalue weighted by Gasteiger charge is -2.15. The maximum absolute atomic E-state index is 12.9. The van der Waals surface area contributed by atoms with E-state index in [-0.39, 0.29) is 11.9 Å². The highest BCUT2D eigenvalue weighted by atomic mass is 19.1. The second kappa shape index (κ2) is 4.73. The summed E-state index contributed by atoms with van der Waals surface area (Å²) in [6, 6.07) is 6.11. The van der Waals surface area contributed by atoms with Crippen molar-refractivity contribution >= 4 is 0 Å². The topological polar surface area (TPSA) is 29.5 Å². The maximum Gasteiger partial charge on any atom is 0.123 e. The molecule has 2 atom stereocenters. The highest BCUT2D eigenvalue weighted by Crippen LogP contribution is 2.25. The first kappa shape index (κ1) is 10.6. The number of aliphatic hydroxyl groups excluding tert-OH is 1. The lowest BCUT2D eigenvalue weighted by Crippen LogP contribution is -2.11. The van der Waals surface area contributed by atoms with Crippen molar-refractivity contribution in [2.45, 2.75) is 31.5 Å². The van der Waals surface area contributed by atoms with E-state index in [1.54, 1.807) is 12.1 Å². The van der Waals surface area contributed by atoms with E-state index in [1.165, 1.54) is 12.1 Å². The zero-order valence-electron chi connectivity index (χ0n) is 8.53. The maximum atomic E-state index is 12.9. The highest BCUT2D eigenvalue weighted by molar-refractivity contribution is 5.18. The van der Waals surface area contributed by atoms with Gasteiger partial charge in [0.2, 0.25) is 0 Å². The van der Waals surface area contributed by atoms with Crippen LogP contribution in [0.15, 0.2) is 24.3 Å². The Kier molecular flexibility index (Phi) is 3.34. The summed E-state index contributed by atoms with van der Waals surface area (Å²) >= 11 is 0. The molecule has 1 aliphatic heterocycles. The van der Waals surface area contributed by atoms with Gasteiger partial charge in [-0.25, -0.2) is 4.39 Å². The Morgan fingerprint density at radius 3 is 3.07 bits per heavy atom. The SMILES string of the molecule is OC(CC1CCCO1)c1cccc(F)c1. The van der Waals surface area contributed by atoms with Gasteiger partial charge in [0.1, 0.15) is 5.82 Å². The van der Waals surface area contributed by atoms with Crippen LogP contribution in [0.1, 0.15) is 30.9 Å². The van der Waals surface area contributed by atoms with Crippen LogP contribution in [0.5, 0.6) is 0 Å². The zero-order valence-corrected chi connectivity index (χ0v) is 8.53. The third-order valence-corrected chi connectivity index (χ3v) is 2.74. The van der Waals surface area contributed by atoms with Gasteiger partial charge < -0.3 is 9.84 Å². The Bertz CT molecular complexity index is 321. The summed E-state index contributed by atoms with van der Waals surface area (Å²) in [4.78, 5) is 0. The smallest absolute Gasteiger partial charge is 0.123 e. The summed E-state index contributed by atoms with van der Waals surface area (Å²) in [6.07, 6.45) is 2.11. The number of rotatable bonds is 3. The van der Waals surface area contributed by atoms with Crippen LogP contribution in [0.2, 0.25) is 0 Å². The van der Waals surface area contributed by atoms with Crippen molar-refractivity contribution in [3.05, 3.63) is 35.6 Å². The van der Waals surface area contributed by atoms with Gasteiger partial charge in [0.15, 0.2) is 0 Å². The monoisotopic (exact) mass is 210 g/mol. The summed E-state index contributed by atoms with van der Waals surface area (Å²) in [5, 5.41) is 9.86. The Morgan fingerprint density at radius 2 is 2.40 bits per heavy atom. The number of hydrogen-bond acceptors (Lipinski definition) is 2. The van der Waals surface area contributed by atoms with E-state index in [9.17, 15) is 9.50 Å². The third kappa shape index (κ3) is 2.76. The van der Waals surface area contributed by atoms with Crippen LogP contribution in [0.4, 0.5) is 4.39 Å². The Balaban J connectivity index is 1.97. The quantitative estimate of drug-likeness (QED) is 0.830. The highest BCUT2D eigenvalue weighted by Gasteiger charge is 2.20. The van der Waals surface area contributed by atoms with Gasteiger partial charge in [-0.15, -0.1) is 0 Å². The molecule has 2 nitrogen and oxygen atoms in total. The van der Waals surface area contributed by atoms with Crippen LogP contribution >= 0.6 is 0 Å². The molecular weight excluding hydrogens is 195 g/mol. The molecule has 1 aromatic rings. The average molecular weight is 210 g/mol. The molecule has 0 bridgehead atoms. The van der Waals surface area contributed by atoms with Crippen LogP contribution in [-0.2, 0) is 4.74 Å². The van der Waals surface area contributed by atoms with Crippen LogP contribution in [0, 0.1) is 5.82 Å². The van der Waals surface area contributed by atoms with E-state index in [0.717, 1.165) is 19.4 Å². The Morgan fingerprint density at radius 1 is 1.53 bits per heavy atom. The van der Waals surface area contributed by atoms with Gasteiger partial charge in [-0.1, -0.05) is 12.1 Å². The molecule has 2 rings (SSSR count). The van der Waals surface area contributed by atoms with Crippen molar-refractivity contribution < 1.29 is 14.2 Å². The molecule has 1 N–H and O–H groups in total. The lowest BCUT2D eigenvalue weighted by molar-refractivity contribution is 0.0534. The molecule has 1 aliphatic rings. The number of hydrogen-bond donors (Lipinski definition) is 1. The predicted octanol–water partition coefficient (Wildman–Crippen LogP) is 2.43. The molecular formula is C12H15FO2. The molecule has 82 valence electrons. The van der Waals surface area contributed by atoms with Crippen molar-refractivity contribution in [3.63, 3.8) is 0 Å². The molecule has 1 aromatic carbocycles. The number of halogens is 1. The van der Waals surface area contributed by atoms with Crippen LogP contribution < -0.4 is 0 Å². The van der Waals surface area contributed by atoms with Crippen molar-refractivity contribution in [1.29, 1.82) is 0 Å². The largest absolute Gasteiger partial charge is 0.388 e. The van der Waals surface area contributed by atoms with E-state index in [2.05, 4.69) is 0 Å². The van der Waals surface area contributed by atoms with Gasteiger partial charge in [-0.2, -0.15) is 0 Å². The Hall–Kier alpha value is -0.930. The molecule has 15 heavy (non-hydrogen) atoms. The molecule has 0 aliphatic carbocycles. The molecule has 2 unspecified atom stereocenters. The van der Waals surface area contributed by atoms with Gasteiger partial charge in [-0.05, 0) is 30.5 Å². The average Bonchev–Trinajstić information content (AvgIpc) is 2.70. The second-order valence-corrected chi connectivity index (χ2v) is 3.94. The van der Waals surface area contributed by atoms with Crippen LogP contribution in [0.3, 0.4) is 0 Å². The summed E-state index contributed by atoms with van der Waals surface area (Å²) in [7, 11) is 0. The fraction of sp³-hybridized carbons (Fsp3) is 0.500. The minimum Gasteiger partial charge on any atom is -0.388 e. The van der Waals surface area contributed by atoms with E-state index < -0.39 is 6.10 Å². The summed E-state index contributed by atoms with van der Waals surface area (Å²) in [5.41, 5.74) is 0.630. The van der Waals surface area contributed by atoms with Crippen LogP contribution in [-0.4, -0.2) is 17.8 Å². The summed E-state index contributed by atoms with van der Waals surface area (Å²) in [6.45, 7) is 0.778. The number of aliphatic hydroxyl groups is 1. The van der Waals surface area contributed by atoms with Gasteiger partial charge in [-0.3, -0.25) is 0 Å². The number of benzene rings is 1. The zero-order chi connectivity index (χ0) is 10.7. The van der Waals surface area contributed by atoms with E-state index in [1.807, 2.05) is 0 Å². The van der Waals surface area contributed by atoms with E-state index in [0.29, 0.717) is 12.0 Å². The van der Waals surface area contributed by atoms with Crippen molar-refractivity contribution in [1.82, 2.24) is 0 Å². The second-order valence-electron chi connectivity index (χ2n) is 3.94. The molecule has 1 saturated heterocycles. The minimum absolute atomic E-state index is 0.128. The van der Waals surface area contributed by atoms with Crippen LogP contribution in [0.25, 0.3) is 0 Å². The van der Waals surface area contributed by atoms with Crippen molar-refractivity contribution in [3.8, 4) is 0 Å². The first-order valence-electron chi connectivity index (χ1n) is 5.31. The normalized spacial score (nSPS) is 22.9. The fourth-order valence-electron chi connectivity index (χ4n) is 1.93. The third-order valence-electron chi connectivity index (χ3n) is 2.74. The molecule has 1 heterocycles. The van der Waals surface area contributed by atoms with Gasteiger partial charge >= 0.3 is 0 Å². The molecule has 0 radical (unpaired) electrons. The lowest BCUT2D eigenvalue weighted by atomic mass is 10.0. The molecule has 0 saturated carbocycles. The van der Waals surface area contributed by atoms with Gasteiger partial charge in [0.25, 0.3) is 0 Å².